The van der Waals surface area contributed by atoms with E-state index in [-0.39, 0.29) is 23.3 Å². The number of hydrogen-bond donors (Lipinski definition) is 1. The molecule has 144 valence electrons. The first kappa shape index (κ1) is 17.9. The summed E-state index contributed by atoms with van der Waals surface area (Å²) >= 11 is 0. The fourth-order valence-electron chi connectivity index (χ4n) is 3.78. The minimum atomic E-state index is -4.43. The molecule has 3 aliphatic heterocycles. The Balaban J connectivity index is 1.40. The van der Waals surface area contributed by atoms with Crippen molar-refractivity contribution in [2.75, 3.05) is 19.6 Å². The average Bonchev–Trinajstić information content (AvgIpc) is 3.10. The van der Waals surface area contributed by atoms with Crippen molar-refractivity contribution in [3.8, 4) is 17.3 Å². The predicted octanol–water partition coefficient (Wildman–Crippen LogP) is 4.15. The van der Waals surface area contributed by atoms with Gasteiger partial charge in [-0.25, -0.2) is 4.79 Å². The number of ether oxygens (including phenoxy) is 1. The second kappa shape index (κ2) is 6.92. The van der Waals surface area contributed by atoms with Crippen LogP contribution in [0.1, 0.15) is 18.4 Å². The van der Waals surface area contributed by atoms with Crippen LogP contribution in [0.4, 0.5) is 18.0 Å². The smallest absolute Gasteiger partial charge is 0.416 e. The molecule has 3 aliphatic rings. The summed E-state index contributed by atoms with van der Waals surface area (Å²) in [5.41, 5.74) is -0.503. The summed E-state index contributed by atoms with van der Waals surface area (Å²) in [7, 11) is 0. The highest BCUT2D eigenvalue weighted by molar-refractivity contribution is 5.70. The van der Waals surface area contributed by atoms with Crippen LogP contribution >= 0.6 is 0 Å². The number of fused-ring (bicyclic) bond motifs is 3. The zero-order valence-electron chi connectivity index (χ0n) is 14.5. The fraction of sp³-hybridized carbons (Fsp3) is 0.421. The molecule has 3 saturated heterocycles. The Hall–Kier alpha value is -2.48. The quantitative estimate of drug-likeness (QED) is 0.869. The van der Waals surface area contributed by atoms with E-state index >= 15 is 0 Å². The van der Waals surface area contributed by atoms with Crippen LogP contribution in [0.5, 0.6) is 5.95 Å². The highest BCUT2D eigenvalue weighted by Crippen LogP contribution is 2.33. The molecule has 2 aromatic rings. The summed E-state index contributed by atoms with van der Waals surface area (Å²) in [6.07, 6.45) is -2.92. The van der Waals surface area contributed by atoms with Gasteiger partial charge in [-0.1, -0.05) is 12.1 Å². The third-order valence-corrected chi connectivity index (χ3v) is 5.21. The molecule has 0 radical (unpaired) electrons. The molecule has 5 rings (SSSR count). The number of furan rings is 1. The number of halogens is 3. The van der Waals surface area contributed by atoms with E-state index in [4.69, 9.17) is 9.15 Å². The van der Waals surface area contributed by atoms with Gasteiger partial charge in [0.15, 0.2) is 0 Å². The van der Waals surface area contributed by atoms with E-state index in [0.717, 1.165) is 44.6 Å². The van der Waals surface area contributed by atoms with Crippen molar-refractivity contribution in [3.63, 3.8) is 0 Å². The lowest BCUT2D eigenvalue weighted by Crippen LogP contribution is -2.57. The molecule has 0 saturated carbocycles. The standard InChI is InChI=1S/C19H19F3N2O3/c20-19(21,22)14-3-1-2-13(10-14)16-4-5-17(26-16)27-18(25)23-15-11-24-8-6-12(15)7-9-24/h1-5,10,12,15H,6-9,11H2,(H,23,25). The fourth-order valence-corrected chi connectivity index (χ4v) is 3.78. The normalized spacial score (nSPS) is 24.6. The lowest BCUT2D eigenvalue weighted by atomic mass is 9.84. The minimum absolute atomic E-state index is 0.0536. The zero-order chi connectivity index (χ0) is 19.0. The average molecular weight is 380 g/mol. The van der Waals surface area contributed by atoms with Crippen LogP contribution < -0.4 is 10.1 Å². The van der Waals surface area contributed by atoms with E-state index < -0.39 is 17.8 Å². The molecule has 8 heteroatoms. The van der Waals surface area contributed by atoms with Crippen molar-refractivity contribution in [3.05, 3.63) is 42.0 Å². The second-order valence-corrected chi connectivity index (χ2v) is 6.98. The Morgan fingerprint density at radius 3 is 2.63 bits per heavy atom. The van der Waals surface area contributed by atoms with Gasteiger partial charge in [-0.2, -0.15) is 13.2 Å². The van der Waals surface area contributed by atoms with E-state index in [0.29, 0.717) is 5.92 Å². The van der Waals surface area contributed by atoms with Gasteiger partial charge in [0, 0.05) is 24.2 Å². The van der Waals surface area contributed by atoms with Crippen molar-refractivity contribution in [1.29, 1.82) is 0 Å². The summed E-state index contributed by atoms with van der Waals surface area (Å²) in [6, 6.07) is 7.75. The highest BCUT2D eigenvalue weighted by Gasteiger charge is 2.35. The molecular weight excluding hydrogens is 361 g/mol. The first-order chi connectivity index (χ1) is 12.9. The Kier molecular flexibility index (Phi) is 4.59. The SMILES string of the molecule is O=C(NC1CN2CCC1CC2)Oc1ccc(-c2cccc(C(F)(F)F)c2)o1. The molecule has 5 nitrogen and oxygen atoms in total. The van der Waals surface area contributed by atoms with Crippen molar-refractivity contribution < 1.29 is 27.1 Å². The second-order valence-electron chi connectivity index (χ2n) is 6.98. The van der Waals surface area contributed by atoms with E-state index in [2.05, 4.69) is 10.2 Å². The maximum atomic E-state index is 12.8. The van der Waals surface area contributed by atoms with Gasteiger partial charge >= 0.3 is 12.3 Å². The van der Waals surface area contributed by atoms with E-state index in [9.17, 15) is 18.0 Å². The van der Waals surface area contributed by atoms with Gasteiger partial charge in [-0.3, -0.25) is 0 Å². The number of nitrogens with zero attached hydrogens (tertiary/aromatic N) is 1. The van der Waals surface area contributed by atoms with Crippen molar-refractivity contribution in [1.82, 2.24) is 10.2 Å². The molecule has 0 spiro atoms. The molecule has 1 amide bonds. The predicted molar refractivity (Wildman–Crippen MR) is 91.3 cm³/mol. The van der Waals surface area contributed by atoms with Gasteiger partial charge in [0.25, 0.3) is 5.95 Å². The lowest BCUT2D eigenvalue weighted by molar-refractivity contribution is -0.137. The molecule has 0 aliphatic carbocycles. The summed E-state index contributed by atoms with van der Waals surface area (Å²) in [5, 5.41) is 2.87. The van der Waals surface area contributed by atoms with Crippen molar-refractivity contribution in [2.24, 2.45) is 5.92 Å². The molecular formula is C19H19F3N2O3. The van der Waals surface area contributed by atoms with Gasteiger partial charge < -0.3 is 19.4 Å². The minimum Gasteiger partial charge on any atom is -0.425 e. The van der Waals surface area contributed by atoms with Crippen molar-refractivity contribution in [2.45, 2.75) is 25.1 Å². The van der Waals surface area contributed by atoms with Gasteiger partial charge in [-0.05, 0) is 50.0 Å². The molecule has 2 bridgehead atoms. The summed E-state index contributed by atoms with van der Waals surface area (Å²) in [4.78, 5) is 14.4. The number of nitrogens with one attached hydrogen (secondary N) is 1. The molecule has 1 atom stereocenters. The summed E-state index contributed by atoms with van der Waals surface area (Å²) in [6.45, 7) is 2.94. The van der Waals surface area contributed by atoms with E-state index in [1.165, 1.54) is 24.3 Å². The van der Waals surface area contributed by atoms with Crippen molar-refractivity contribution >= 4 is 6.09 Å². The molecule has 27 heavy (non-hydrogen) atoms. The third kappa shape index (κ3) is 3.95. The van der Waals surface area contributed by atoms with Crippen LogP contribution in [0.2, 0.25) is 0 Å². The van der Waals surface area contributed by atoms with Crippen LogP contribution in [0.25, 0.3) is 11.3 Å². The molecule has 1 N–H and O–H groups in total. The third-order valence-electron chi connectivity index (χ3n) is 5.21. The van der Waals surface area contributed by atoms with Gasteiger partial charge in [0.2, 0.25) is 0 Å². The van der Waals surface area contributed by atoms with Gasteiger partial charge in [-0.15, -0.1) is 0 Å². The molecule has 4 heterocycles. The van der Waals surface area contributed by atoms with E-state index in [1.807, 2.05) is 0 Å². The monoisotopic (exact) mass is 380 g/mol. The van der Waals surface area contributed by atoms with E-state index in [1.54, 1.807) is 0 Å². The molecule has 1 aromatic carbocycles. The first-order valence-electron chi connectivity index (χ1n) is 8.87. The summed E-state index contributed by atoms with van der Waals surface area (Å²) < 4.78 is 49.1. The number of benzene rings is 1. The molecule has 3 fully saturated rings. The van der Waals surface area contributed by atoms with Crippen LogP contribution in [0.3, 0.4) is 0 Å². The Morgan fingerprint density at radius 1 is 1.19 bits per heavy atom. The largest absolute Gasteiger partial charge is 0.425 e. The van der Waals surface area contributed by atoms with Crippen LogP contribution in [-0.2, 0) is 6.18 Å². The number of hydrogen-bond acceptors (Lipinski definition) is 4. The number of piperidine rings is 3. The molecule has 1 unspecified atom stereocenters. The Bertz CT molecular complexity index is 826. The Morgan fingerprint density at radius 2 is 1.96 bits per heavy atom. The lowest BCUT2D eigenvalue weighted by Gasteiger charge is -2.44. The van der Waals surface area contributed by atoms with Crippen LogP contribution in [0.15, 0.2) is 40.8 Å². The van der Waals surface area contributed by atoms with Crippen LogP contribution in [-0.4, -0.2) is 36.7 Å². The highest BCUT2D eigenvalue weighted by atomic mass is 19.4. The van der Waals surface area contributed by atoms with Gasteiger partial charge in [0.1, 0.15) is 5.76 Å². The maximum Gasteiger partial charge on any atom is 0.416 e. The first-order valence-corrected chi connectivity index (χ1v) is 8.87. The topological polar surface area (TPSA) is 54.7 Å². The number of rotatable bonds is 3. The van der Waals surface area contributed by atoms with Gasteiger partial charge in [0.05, 0.1) is 5.56 Å². The number of alkyl halides is 3. The zero-order valence-corrected chi connectivity index (χ0v) is 14.5. The number of carbonyl (C=O) groups excluding carboxylic acids is 1. The summed E-state index contributed by atoms with van der Waals surface area (Å²) in [5.74, 6) is 0.604. The Labute approximate surface area is 154 Å². The number of carbonyl (C=O) groups is 1. The number of amides is 1. The maximum absolute atomic E-state index is 12.8. The molecule has 1 aromatic heterocycles. The van der Waals surface area contributed by atoms with Crippen LogP contribution in [0, 0.1) is 5.92 Å².